The highest BCUT2D eigenvalue weighted by atomic mass is 79.9. The Labute approximate surface area is 169 Å². The van der Waals surface area contributed by atoms with Gasteiger partial charge in [0.25, 0.3) is 0 Å². The SMILES string of the molecule is CC(=O)n1cc(C=C2N=C(c3ccccc3Br)OC2=O)c(-c2ccccc2)n1. The number of carbonyl (C=O) groups excluding carboxylic acids is 2. The van der Waals surface area contributed by atoms with Crippen LogP contribution in [-0.2, 0) is 9.53 Å². The Morgan fingerprint density at radius 1 is 1.11 bits per heavy atom. The Bertz CT molecular complexity index is 1150. The summed E-state index contributed by atoms with van der Waals surface area (Å²) in [6.07, 6.45) is 3.16. The molecule has 2 heterocycles. The van der Waals surface area contributed by atoms with Gasteiger partial charge in [0.15, 0.2) is 5.70 Å². The zero-order valence-electron chi connectivity index (χ0n) is 14.8. The number of aromatic nitrogens is 2. The van der Waals surface area contributed by atoms with Crippen LogP contribution in [0.2, 0.25) is 0 Å². The number of aliphatic imine (C=N–C) groups is 1. The fraction of sp³-hybridized carbons (Fsp3) is 0.0476. The average molecular weight is 436 g/mol. The molecule has 0 saturated heterocycles. The van der Waals surface area contributed by atoms with Crippen molar-refractivity contribution in [3.63, 3.8) is 0 Å². The van der Waals surface area contributed by atoms with E-state index < -0.39 is 5.97 Å². The molecule has 0 radical (unpaired) electrons. The minimum Gasteiger partial charge on any atom is -0.402 e. The first kappa shape index (κ1) is 18.1. The summed E-state index contributed by atoms with van der Waals surface area (Å²) in [7, 11) is 0. The standard InChI is InChI=1S/C21H14BrN3O3/c1-13(26)25-12-15(19(24-25)14-7-3-2-4-8-14)11-18-21(27)28-20(23-18)16-9-5-6-10-17(16)22/h2-12H,1H3. The number of carbonyl (C=O) groups is 2. The number of ether oxygens (including phenoxy) is 1. The summed E-state index contributed by atoms with van der Waals surface area (Å²) >= 11 is 3.43. The van der Waals surface area contributed by atoms with Crippen LogP contribution < -0.4 is 0 Å². The Balaban J connectivity index is 1.79. The number of hydrogen-bond acceptors (Lipinski definition) is 5. The normalized spacial score (nSPS) is 14.9. The van der Waals surface area contributed by atoms with Crippen molar-refractivity contribution in [1.82, 2.24) is 9.78 Å². The molecule has 0 aliphatic carbocycles. The van der Waals surface area contributed by atoms with Crippen LogP contribution in [-0.4, -0.2) is 27.6 Å². The van der Waals surface area contributed by atoms with E-state index in [9.17, 15) is 9.59 Å². The first-order chi connectivity index (χ1) is 13.5. The van der Waals surface area contributed by atoms with Gasteiger partial charge in [0.1, 0.15) is 5.69 Å². The quantitative estimate of drug-likeness (QED) is 0.453. The van der Waals surface area contributed by atoms with E-state index in [-0.39, 0.29) is 17.5 Å². The molecule has 2 aromatic carbocycles. The van der Waals surface area contributed by atoms with Crippen LogP contribution in [0, 0.1) is 0 Å². The van der Waals surface area contributed by atoms with E-state index in [1.54, 1.807) is 12.3 Å². The zero-order chi connectivity index (χ0) is 19.7. The number of halogens is 1. The molecule has 0 fully saturated rings. The second-order valence-electron chi connectivity index (χ2n) is 6.08. The number of rotatable bonds is 3. The molecule has 7 heteroatoms. The second kappa shape index (κ2) is 7.36. The van der Waals surface area contributed by atoms with Crippen LogP contribution in [0.25, 0.3) is 17.3 Å². The molecule has 0 N–H and O–H groups in total. The lowest BCUT2D eigenvalue weighted by molar-refractivity contribution is -0.129. The van der Waals surface area contributed by atoms with Crippen molar-refractivity contribution in [2.75, 3.05) is 0 Å². The van der Waals surface area contributed by atoms with Crippen LogP contribution in [0.15, 0.2) is 76.0 Å². The average Bonchev–Trinajstić information content (AvgIpc) is 3.27. The molecule has 0 unspecified atom stereocenters. The maximum atomic E-state index is 12.3. The predicted molar refractivity (Wildman–Crippen MR) is 109 cm³/mol. The van der Waals surface area contributed by atoms with Gasteiger partial charge in [-0.3, -0.25) is 4.79 Å². The van der Waals surface area contributed by atoms with Crippen molar-refractivity contribution in [1.29, 1.82) is 0 Å². The molecule has 3 aromatic rings. The molecule has 0 saturated carbocycles. The number of hydrogen-bond donors (Lipinski definition) is 0. The van der Waals surface area contributed by atoms with Gasteiger partial charge in [-0.15, -0.1) is 0 Å². The summed E-state index contributed by atoms with van der Waals surface area (Å²) in [5, 5.41) is 4.35. The lowest BCUT2D eigenvalue weighted by Crippen LogP contribution is -2.06. The number of benzene rings is 2. The van der Waals surface area contributed by atoms with E-state index in [4.69, 9.17) is 4.74 Å². The molecular weight excluding hydrogens is 422 g/mol. The van der Waals surface area contributed by atoms with Crippen molar-refractivity contribution in [3.8, 4) is 11.3 Å². The van der Waals surface area contributed by atoms with Crippen molar-refractivity contribution < 1.29 is 14.3 Å². The number of esters is 1. The highest BCUT2D eigenvalue weighted by Gasteiger charge is 2.26. The lowest BCUT2D eigenvalue weighted by Gasteiger charge is -2.01. The number of nitrogens with zero attached hydrogens (tertiary/aromatic N) is 3. The van der Waals surface area contributed by atoms with Crippen LogP contribution >= 0.6 is 15.9 Å². The molecule has 0 atom stereocenters. The Morgan fingerprint density at radius 3 is 2.54 bits per heavy atom. The third-order valence-electron chi connectivity index (χ3n) is 4.13. The van der Waals surface area contributed by atoms with E-state index in [1.165, 1.54) is 11.6 Å². The van der Waals surface area contributed by atoms with Crippen molar-refractivity contribution in [2.24, 2.45) is 4.99 Å². The molecule has 1 aliphatic rings. The Hall–Kier alpha value is -3.32. The summed E-state index contributed by atoms with van der Waals surface area (Å²) in [6.45, 7) is 1.42. The van der Waals surface area contributed by atoms with Crippen LogP contribution in [0.1, 0.15) is 22.8 Å². The molecule has 0 amide bonds. The summed E-state index contributed by atoms with van der Waals surface area (Å²) in [4.78, 5) is 28.5. The molecule has 4 rings (SSSR count). The smallest absolute Gasteiger partial charge is 0.363 e. The van der Waals surface area contributed by atoms with Gasteiger partial charge in [0.2, 0.25) is 11.8 Å². The monoisotopic (exact) mass is 435 g/mol. The van der Waals surface area contributed by atoms with Crippen LogP contribution in [0.5, 0.6) is 0 Å². The van der Waals surface area contributed by atoms with Gasteiger partial charge in [-0.1, -0.05) is 42.5 Å². The van der Waals surface area contributed by atoms with E-state index in [1.807, 2.05) is 54.6 Å². The van der Waals surface area contributed by atoms with E-state index in [2.05, 4.69) is 26.0 Å². The molecule has 138 valence electrons. The molecular formula is C21H14BrN3O3. The number of cyclic esters (lactones) is 1. The van der Waals surface area contributed by atoms with Gasteiger partial charge >= 0.3 is 5.97 Å². The molecule has 1 aliphatic heterocycles. The van der Waals surface area contributed by atoms with Crippen molar-refractivity contribution in [2.45, 2.75) is 6.92 Å². The largest absolute Gasteiger partial charge is 0.402 e. The first-order valence-electron chi connectivity index (χ1n) is 8.46. The zero-order valence-corrected chi connectivity index (χ0v) is 16.4. The van der Waals surface area contributed by atoms with E-state index in [0.717, 1.165) is 10.0 Å². The van der Waals surface area contributed by atoms with Gasteiger partial charge in [0.05, 0.1) is 5.56 Å². The minimum absolute atomic E-state index is 0.144. The van der Waals surface area contributed by atoms with E-state index >= 15 is 0 Å². The summed E-state index contributed by atoms with van der Waals surface area (Å²) in [5.41, 5.74) is 2.84. The topological polar surface area (TPSA) is 73.6 Å². The summed E-state index contributed by atoms with van der Waals surface area (Å²) in [6, 6.07) is 16.8. The third-order valence-corrected chi connectivity index (χ3v) is 4.82. The molecule has 6 nitrogen and oxygen atoms in total. The molecule has 0 spiro atoms. The molecule has 0 bridgehead atoms. The van der Waals surface area contributed by atoms with Crippen LogP contribution in [0.4, 0.5) is 0 Å². The summed E-state index contributed by atoms with van der Waals surface area (Å²) < 4.78 is 7.35. The predicted octanol–water partition coefficient (Wildman–Crippen LogP) is 4.32. The van der Waals surface area contributed by atoms with Gasteiger partial charge in [0, 0.05) is 28.7 Å². The molecule has 1 aromatic heterocycles. The minimum atomic E-state index is -0.555. The lowest BCUT2D eigenvalue weighted by atomic mass is 10.1. The molecule has 28 heavy (non-hydrogen) atoms. The highest BCUT2D eigenvalue weighted by Crippen LogP contribution is 2.27. The van der Waals surface area contributed by atoms with Gasteiger partial charge in [-0.05, 0) is 34.1 Å². The van der Waals surface area contributed by atoms with Crippen molar-refractivity contribution in [3.05, 3.63) is 82.1 Å². The second-order valence-corrected chi connectivity index (χ2v) is 6.93. The van der Waals surface area contributed by atoms with Gasteiger partial charge in [-0.2, -0.15) is 5.10 Å². The third kappa shape index (κ3) is 3.44. The van der Waals surface area contributed by atoms with Gasteiger partial charge < -0.3 is 4.74 Å². The Kier molecular flexibility index (Phi) is 4.75. The summed E-state index contributed by atoms with van der Waals surface area (Å²) in [5.74, 6) is -0.558. The fourth-order valence-corrected chi connectivity index (χ4v) is 3.24. The maximum absolute atomic E-state index is 12.3. The fourth-order valence-electron chi connectivity index (χ4n) is 2.78. The highest BCUT2D eigenvalue weighted by molar-refractivity contribution is 9.10. The Morgan fingerprint density at radius 2 is 1.82 bits per heavy atom. The van der Waals surface area contributed by atoms with Crippen molar-refractivity contribution >= 4 is 39.8 Å². The first-order valence-corrected chi connectivity index (χ1v) is 9.26. The van der Waals surface area contributed by atoms with Crippen LogP contribution in [0.3, 0.4) is 0 Å². The van der Waals surface area contributed by atoms with Gasteiger partial charge in [-0.25, -0.2) is 14.5 Å². The maximum Gasteiger partial charge on any atom is 0.363 e. The van der Waals surface area contributed by atoms with E-state index in [0.29, 0.717) is 16.8 Å².